The van der Waals surface area contributed by atoms with Gasteiger partial charge in [0.15, 0.2) is 0 Å². The van der Waals surface area contributed by atoms with Crippen LogP contribution in [-0.4, -0.2) is 25.0 Å². The van der Waals surface area contributed by atoms with Crippen LogP contribution in [0.3, 0.4) is 0 Å². The fourth-order valence-corrected chi connectivity index (χ4v) is 3.30. The summed E-state index contributed by atoms with van der Waals surface area (Å²) >= 11 is 0. The number of hydrogen-bond acceptors (Lipinski definition) is 1. The van der Waals surface area contributed by atoms with Gasteiger partial charge in [-0.15, -0.1) is 0 Å². The van der Waals surface area contributed by atoms with E-state index in [-0.39, 0.29) is 0 Å². The summed E-state index contributed by atoms with van der Waals surface area (Å²) in [6, 6.07) is 0. The van der Waals surface area contributed by atoms with Crippen LogP contribution in [0.25, 0.3) is 0 Å². The molecule has 1 saturated carbocycles. The van der Waals surface area contributed by atoms with E-state index in [9.17, 15) is 0 Å². The Morgan fingerprint density at radius 2 is 1.60 bits per heavy atom. The molecule has 0 bridgehead atoms. The van der Waals surface area contributed by atoms with Crippen LogP contribution in [-0.2, 0) is 0 Å². The topological polar surface area (TPSA) is 3.24 Å². The van der Waals surface area contributed by atoms with Crippen LogP contribution >= 0.6 is 0 Å². The lowest BCUT2D eigenvalue weighted by molar-refractivity contribution is -0.118. The van der Waals surface area contributed by atoms with Crippen molar-refractivity contribution in [2.75, 3.05) is 20.1 Å². The van der Waals surface area contributed by atoms with Crippen molar-refractivity contribution in [2.45, 2.75) is 26.7 Å². The van der Waals surface area contributed by atoms with Gasteiger partial charge in [-0.2, -0.15) is 0 Å². The Morgan fingerprint density at radius 1 is 1.10 bits per heavy atom. The largest absolute Gasteiger partial charge is 0.305 e. The zero-order chi connectivity index (χ0) is 7.41. The fraction of sp³-hybridized carbons (Fsp3) is 1.00. The Hall–Kier alpha value is -0.0400. The predicted octanol–water partition coefficient (Wildman–Crippen LogP) is 1.74. The summed E-state index contributed by atoms with van der Waals surface area (Å²) in [6.07, 6.45) is 2.93. The van der Waals surface area contributed by atoms with E-state index in [1.807, 2.05) is 0 Å². The molecule has 2 fully saturated rings. The molecule has 10 heavy (non-hydrogen) atoms. The third-order valence-corrected chi connectivity index (χ3v) is 2.92. The van der Waals surface area contributed by atoms with Crippen molar-refractivity contribution in [1.82, 2.24) is 4.90 Å². The lowest BCUT2D eigenvalue weighted by Gasteiger charge is -2.62. The Labute approximate surface area is 63.4 Å². The number of likely N-dealkylation sites (tertiary alicyclic amines) is 1. The molecule has 2 aliphatic rings. The Balaban J connectivity index is 1.91. The van der Waals surface area contributed by atoms with E-state index in [4.69, 9.17) is 0 Å². The maximum absolute atomic E-state index is 2.43. The van der Waals surface area contributed by atoms with Crippen molar-refractivity contribution in [2.24, 2.45) is 10.8 Å². The molecule has 1 spiro atoms. The first-order valence-electron chi connectivity index (χ1n) is 4.20. The van der Waals surface area contributed by atoms with E-state index in [1.165, 1.54) is 25.9 Å². The SMILES string of the molecule is CN1CC2(C1)CC(C)(C)C2. The minimum atomic E-state index is 0.668. The molecule has 0 radical (unpaired) electrons. The lowest BCUT2D eigenvalue weighted by Crippen LogP contribution is -2.62. The van der Waals surface area contributed by atoms with Gasteiger partial charge in [-0.25, -0.2) is 0 Å². The minimum absolute atomic E-state index is 0.668. The molecular weight excluding hydrogens is 122 g/mol. The maximum atomic E-state index is 2.43. The van der Waals surface area contributed by atoms with E-state index in [0.29, 0.717) is 5.41 Å². The molecule has 1 aliphatic carbocycles. The highest BCUT2D eigenvalue weighted by molar-refractivity contribution is 5.06. The molecule has 1 saturated heterocycles. The summed E-state index contributed by atoms with van der Waals surface area (Å²) in [5.41, 5.74) is 1.44. The smallest absolute Gasteiger partial charge is 0.00478 e. The first-order valence-corrected chi connectivity index (χ1v) is 4.20. The van der Waals surface area contributed by atoms with E-state index < -0.39 is 0 Å². The normalized spacial score (nSPS) is 35.1. The second-order valence-electron chi connectivity index (χ2n) is 5.19. The molecule has 1 heteroatoms. The van der Waals surface area contributed by atoms with E-state index in [1.54, 1.807) is 0 Å². The zero-order valence-electron chi connectivity index (χ0n) is 7.28. The molecule has 0 N–H and O–H groups in total. The van der Waals surface area contributed by atoms with Crippen molar-refractivity contribution in [3.63, 3.8) is 0 Å². The van der Waals surface area contributed by atoms with Crippen LogP contribution < -0.4 is 0 Å². The van der Waals surface area contributed by atoms with Crippen LogP contribution in [0.2, 0.25) is 0 Å². The van der Waals surface area contributed by atoms with Gasteiger partial charge in [0.05, 0.1) is 0 Å². The zero-order valence-corrected chi connectivity index (χ0v) is 7.28. The molecule has 1 nitrogen and oxygen atoms in total. The van der Waals surface area contributed by atoms with Gasteiger partial charge in [0, 0.05) is 13.1 Å². The van der Waals surface area contributed by atoms with Gasteiger partial charge >= 0.3 is 0 Å². The van der Waals surface area contributed by atoms with Crippen LogP contribution in [0.4, 0.5) is 0 Å². The molecule has 58 valence electrons. The average molecular weight is 139 g/mol. The molecule has 0 unspecified atom stereocenters. The quantitative estimate of drug-likeness (QED) is 0.494. The highest BCUT2D eigenvalue weighted by atomic mass is 15.2. The number of rotatable bonds is 0. The molecular formula is C9H17N. The van der Waals surface area contributed by atoms with E-state index in [0.717, 1.165) is 5.41 Å². The molecule has 0 aromatic rings. The molecule has 0 aromatic carbocycles. The summed E-state index contributed by atoms with van der Waals surface area (Å²) in [5.74, 6) is 0. The predicted molar refractivity (Wildman–Crippen MR) is 42.9 cm³/mol. The van der Waals surface area contributed by atoms with Crippen molar-refractivity contribution < 1.29 is 0 Å². The van der Waals surface area contributed by atoms with Gasteiger partial charge in [0.1, 0.15) is 0 Å². The average Bonchev–Trinajstić information content (AvgIpc) is 1.55. The summed E-state index contributed by atoms with van der Waals surface area (Å²) in [7, 11) is 2.22. The molecule has 0 amide bonds. The molecule has 0 aromatic heterocycles. The summed E-state index contributed by atoms with van der Waals surface area (Å²) in [5, 5.41) is 0. The maximum Gasteiger partial charge on any atom is 0.00478 e. The van der Waals surface area contributed by atoms with E-state index >= 15 is 0 Å². The van der Waals surface area contributed by atoms with Gasteiger partial charge in [0.25, 0.3) is 0 Å². The monoisotopic (exact) mass is 139 g/mol. The Bertz CT molecular complexity index is 144. The summed E-state index contributed by atoms with van der Waals surface area (Å²) < 4.78 is 0. The highest BCUT2D eigenvalue weighted by Gasteiger charge is 2.54. The van der Waals surface area contributed by atoms with Gasteiger partial charge in [-0.3, -0.25) is 0 Å². The van der Waals surface area contributed by atoms with Crippen molar-refractivity contribution in [3.8, 4) is 0 Å². The lowest BCUT2D eigenvalue weighted by atomic mass is 9.51. The number of nitrogens with zero attached hydrogens (tertiary/aromatic N) is 1. The fourth-order valence-electron chi connectivity index (χ4n) is 3.30. The number of hydrogen-bond donors (Lipinski definition) is 0. The van der Waals surface area contributed by atoms with Gasteiger partial charge in [0.2, 0.25) is 0 Å². The van der Waals surface area contributed by atoms with Crippen molar-refractivity contribution in [1.29, 1.82) is 0 Å². The molecule has 0 atom stereocenters. The standard InChI is InChI=1S/C9H17N/c1-8(2)4-9(5-8)6-10(3)7-9/h4-7H2,1-3H3. The highest BCUT2D eigenvalue weighted by Crippen LogP contribution is 2.58. The van der Waals surface area contributed by atoms with Gasteiger partial charge < -0.3 is 4.90 Å². The second-order valence-corrected chi connectivity index (χ2v) is 5.19. The molecule has 1 aliphatic heterocycles. The Morgan fingerprint density at radius 3 is 1.90 bits per heavy atom. The molecule has 1 heterocycles. The third kappa shape index (κ3) is 0.800. The first kappa shape index (κ1) is 6.66. The summed E-state index contributed by atoms with van der Waals surface area (Å²) in [6.45, 7) is 7.49. The third-order valence-electron chi connectivity index (χ3n) is 2.92. The first-order chi connectivity index (χ1) is 4.52. The van der Waals surface area contributed by atoms with E-state index in [2.05, 4.69) is 25.8 Å². The second kappa shape index (κ2) is 1.58. The van der Waals surface area contributed by atoms with Crippen LogP contribution in [0.1, 0.15) is 26.7 Å². The van der Waals surface area contributed by atoms with Crippen LogP contribution in [0, 0.1) is 10.8 Å². The molecule has 2 rings (SSSR count). The van der Waals surface area contributed by atoms with Crippen molar-refractivity contribution in [3.05, 3.63) is 0 Å². The Kier molecular flexibility index (Phi) is 1.05. The summed E-state index contributed by atoms with van der Waals surface area (Å²) in [4.78, 5) is 2.43. The van der Waals surface area contributed by atoms with Gasteiger partial charge in [-0.05, 0) is 30.7 Å². The van der Waals surface area contributed by atoms with Crippen LogP contribution in [0.15, 0.2) is 0 Å². The van der Waals surface area contributed by atoms with Crippen LogP contribution in [0.5, 0.6) is 0 Å². The van der Waals surface area contributed by atoms with Crippen molar-refractivity contribution >= 4 is 0 Å². The van der Waals surface area contributed by atoms with Gasteiger partial charge in [-0.1, -0.05) is 13.8 Å². The minimum Gasteiger partial charge on any atom is -0.305 e.